The Morgan fingerprint density at radius 1 is 1.04 bits per heavy atom. The molecular weight excluding hydrogens is 336 g/mol. The van der Waals surface area contributed by atoms with Gasteiger partial charge in [0.05, 0.1) is 38.1 Å². The van der Waals surface area contributed by atoms with Crippen LogP contribution in [0.5, 0.6) is 0 Å². The van der Waals surface area contributed by atoms with E-state index in [0.29, 0.717) is 6.04 Å². The molecule has 0 spiro atoms. The van der Waals surface area contributed by atoms with E-state index in [1.165, 1.54) is 27.7 Å². The first-order valence-corrected chi connectivity index (χ1v) is 9.74. The number of hydrogen-bond acceptors (Lipinski definition) is 2. The molecule has 0 amide bonds. The summed E-state index contributed by atoms with van der Waals surface area (Å²) in [5.41, 5.74) is 2.54. The lowest BCUT2D eigenvalue weighted by molar-refractivity contribution is -0.911. The second-order valence-corrected chi connectivity index (χ2v) is 8.80. The summed E-state index contributed by atoms with van der Waals surface area (Å²) in [4.78, 5) is 5.05. The lowest BCUT2D eigenvalue weighted by atomic mass is 10.2. The molecule has 0 radical (unpaired) electrons. The number of nitrogens with zero attached hydrogens (tertiary/aromatic N) is 2. The zero-order chi connectivity index (χ0) is 17.3. The third-order valence-corrected chi connectivity index (χ3v) is 6.47. The summed E-state index contributed by atoms with van der Waals surface area (Å²) in [6.07, 6.45) is 1.15. The fraction of sp³-hybridized carbons (Fsp3) is 0.400. The van der Waals surface area contributed by atoms with Crippen LogP contribution < -0.4 is 4.90 Å². The van der Waals surface area contributed by atoms with Gasteiger partial charge in [-0.25, -0.2) is 0 Å². The Kier molecular flexibility index (Phi) is 5.14. The summed E-state index contributed by atoms with van der Waals surface area (Å²) in [6, 6.07) is 15.5. The molecule has 0 atom stereocenters. The van der Waals surface area contributed by atoms with Gasteiger partial charge in [-0.2, -0.15) is 0 Å². The largest absolute Gasteiger partial charge is 0.339 e. The van der Waals surface area contributed by atoms with E-state index >= 15 is 0 Å². The summed E-state index contributed by atoms with van der Waals surface area (Å²) in [7, 11) is 4.63. The molecule has 2 aromatic carbocycles. The maximum atomic E-state index is 6.28. The average Bonchev–Trinajstić information content (AvgIpc) is 2.54. The minimum absolute atomic E-state index is 0.635. The minimum Gasteiger partial charge on any atom is -0.339 e. The molecule has 0 saturated heterocycles. The van der Waals surface area contributed by atoms with E-state index in [-0.39, 0.29) is 0 Å². The van der Waals surface area contributed by atoms with Crippen LogP contribution in [0, 0.1) is 0 Å². The summed E-state index contributed by atoms with van der Waals surface area (Å²) < 4.78 is 1.05. The lowest BCUT2D eigenvalue weighted by Crippen LogP contribution is -2.47. The quantitative estimate of drug-likeness (QED) is 0.617. The smallest absolute Gasteiger partial charge is 0.0829 e. The number of rotatable bonds is 5. The normalized spacial score (nSPS) is 13.8. The van der Waals surface area contributed by atoms with Crippen molar-refractivity contribution in [3.63, 3.8) is 0 Å². The van der Waals surface area contributed by atoms with E-state index in [0.717, 1.165) is 22.5 Å². The Balaban J connectivity index is 1.85. The fourth-order valence-corrected chi connectivity index (χ4v) is 4.18. The van der Waals surface area contributed by atoms with E-state index < -0.39 is 0 Å². The molecule has 3 rings (SSSR count). The van der Waals surface area contributed by atoms with E-state index in [4.69, 9.17) is 11.6 Å². The zero-order valence-electron chi connectivity index (χ0n) is 14.9. The molecule has 24 heavy (non-hydrogen) atoms. The lowest BCUT2D eigenvalue weighted by Gasteiger charge is -2.36. The molecule has 1 aliphatic rings. The van der Waals surface area contributed by atoms with Crippen molar-refractivity contribution in [1.29, 1.82) is 0 Å². The molecule has 4 heteroatoms. The van der Waals surface area contributed by atoms with Crippen molar-refractivity contribution < 1.29 is 4.48 Å². The highest BCUT2D eigenvalue weighted by Gasteiger charge is 2.25. The standard InChI is InChI=1S/C20H26ClN2S/c1-15(2)23(3,4)13-7-12-22-17-8-5-6-9-19(17)24-20-11-10-16(21)14-18(20)22/h5-6,8-11,14-15H,7,12-13H2,1-4H3/q+1. The van der Waals surface area contributed by atoms with Crippen molar-refractivity contribution in [1.82, 2.24) is 0 Å². The van der Waals surface area contributed by atoms with Crippen molar-refractivity contribution in [2.45, 2.75) is 36.1 Å². The van der Waals surface area contributed by atoms with Gasteiger partial charge in [0.2, 0.25) is 0 Å². The van der Waals surface area contributed by atoms with Crippen LogP contribution in [-0.4, -0.2) is 37.7 Å². The third-order valence-electron chi connectivity index (χ3n) is 5.10. The SMILES string of the molecule is CC(C)[N+](C)(C)CCCN1c2ccccc2Sc2ccc(Cl)cc21. The van der Waals surface area contributed by atoms with Gasteiger partial charge in [0.25, 0.3) is 0 Å². The maximum Gasteiger partial charge on any atom is 0.0829 e. The molecule has 2 aromatic rings. The molecule has 0 N–H and O–H groups in total. The van der Waals surface area contributed by atoms with Gasteiger partial charge in [-0.15, -0.1) is 0 Å². The second-order valence-electron chi connectivity index (χ2n) is 7.28. The van der Waals surface area contributed by atoms with Crippen LogP contribution in [0.25, 0.3) is 0 Å². The Morgan fingerprint density at radius 3 is 2.50 bits per heavy atom. The van der Waals surface area contributed by atoms with Crippen molar-refractivity contribution in [3.05, 3.63) is 47.5 Å². The Labute approximate surface area is 155 Å². The summed E-state index contributed by atoms with van der Waals surface area (Å²) in [6.45, 7) is 6.77. The highest BCUT2D eigenvalue weighted by atomic mass is 35.5. The Hall–Kier alpha value is -1.16. The predicted octanol–water partition coefficient (Wildman–Crippen LogP) is 5.82. The topological polar surface area (TPSA) is 3.24 Å². The number of halogens is 1. The molecular formula is C20H26ClN2S+. The van der Waals surface area contributed by atoms with Crippen molar-refractivity contribution >= 4 is 34.7 Å². The number of fused-ring (bicyclic) bond motifs is 2. The number of anilines is 2. The van der Waals surface area contributed by atoms with Crippen molar-refractivity contribution in [3.8, 4) is 0 Å². The number of quaternary nitrogens is 1. The van der Waals surface area contributed by atoms with Gasteiger partial charge in [-0.1, -0.05) is 35.5 Å². The third kappa shape index (κ3) is 3.58. The van der Waals surface area contributed by atoms with Gasteiger partial charge in [0.1, 0.15) is 0 Å². The summed E-state index contributed by atoms with van der Waals surface area (Å²) >= 11 is 8.11. The molecule has 1 aliphatic heterocycles. The molecule has 0 saturated carbocycles. The first-order valence-electron chi connectivity index (χ1n) is 8.55. The molecule has 0 fully saturated rings. The van der Waals surface area contributed by atoms with Crippen LogP contribution in [0.4, 0.5) is 11.4 Å². The van der Waals surface area contributed by atoms with E-state index in [9.17, 15) is 0 Å². The van der Waals surface area contributed by atoms with E-state index in [1.54, 1.807) is 0 Å². The maximum absolute atomic E-state index is 6.28. The molecule has 1 heterocycles. The molecule has 0 aliphatic carbocycles. The fourth-order valence-electron chi connectivity index (χ4n) is 2.94. The monoisotopic (exact) mass is 361 g/mol. The van der Waals surface area contributed by atoms with Crippen molar-refractivity contribution in [2.75, 3.05) is 32.1 Å². The summed E-state index contributed by atoms with van der Waals surface area (Å²) in [5.74, 6) is 0. The molecule has 2 nitrogen and oxygen atoms in total. The average molecular weight is 362 g/mol. The highest BCUT2D eigenvalue weighted by molar-refractivity contribution is 7.99. The van der Waals surface area contributed by atoms with Crippen molar-refractivity contribution in [2.24, 2.45) is 0 Å². The number of para-hydroxylation sites is 1. The van der Waals surface area contributed by atoms with Gasteiger partial charge in [-0.05, 0) is 44.2 Å². The molecule has 0 unspecified atom stereocenters. The van der Waals surface area contributed by atoms with Gasteiger partial charge in [0.15, 0.2) is 0 Å². The van der Waals surface area contributed by atoms with Crippen LogP contribution in [0.2, 0.25) is 5.02 Å². The zero-order valence-corrected chi connectivity index (χ0v) is 16.5. The van der Waals surface area contributed by atoms with Gasteiger partial charge >= 0.3 is 0 Å². The van der Waals surface area contributed by atoms with Crippen LogP contribution in [0.1, 0.15) is 20.3 Å². The first-order chi connectivity index (χ1) is 11.4. The van der Waals surface area contributed by atoms with Gasteiger partial charge in [0, 0.05) is 27.8 Å². The minimum atomic E-state index is 0.635. The Morgan fingerprint density at radius 2 is 1.75 bits per heavy atom. The first kappa shape index (κ1) is 17.7. The van der Waals surface area contributed by atoms with Gasteiger partial charge < -0.3 is 9.38 Å². The van der Waals surface area contributed by atoms with Crippen LogP contribution in [0.3, 0.4) is 0 Å². The number of benzene rings is 2. The highest BCUT2D eigenvalue weighted by Crippen LogP contribution is 2.48. The predicted molar refractivity (Wildman–Crippen MR) is 106 cm³/mol. The molecule has 0 aromatic heterocycles. The number of hydrogen-bond donors (Lipinski definition) is 0. The molecule has 128 valence electrons. The van der Waals surface area contributed by atoms with E-state index in [1.807, 2.05) is 17.8 Å². The Bertz CT molecular complexity index is 727. The molecule has 0 bridgehead atoms. The van der Waals surface area contributed by atoms with E-state index in [2.05, 4.69) is 69.2 Å². The second kappa shape index (κ2) is 6.99. The van der Waals surface area contributed by atoms with Crippen LogP contribution in [0.15, 0.2) is 52.3 Å². The summed E-state index contributed by atoms with van der Waals surface area (Å²) in [5, 5.41) is 0.803. The van der Waals surface area contributed by atoms with Crippen LogP contribution in [-0.2, 0) is 0 Å². The van der Waals surface area contributed by atoms with Gasteiger partial charge in [-0.3, -0.25) is 0 Å². The van der Waals surface area contributed by atoms with Crippen LogP contribution >= 0.6 is 23.4 Å².